The van der Waals surface area contributed by atoms with Gasteiger partial charge in [-0.15, -0.1) is 0 Å². The molecular formula is C14H19ClN4O. The Hall–Kier alpha value is -1.75. The van der Waals surface area contributed by atoms with E-state index in [1.807, 2.05) is 12.3 Å². The lowest BCUT2D eigenvalue weighted by Gasteiger charge is -2.06. The first-order valence-electron chi connectivity index (χ1n) is 6.84. The third-order valence-electron chi connectivity index (χ3n) is 3.11. The maximum absolute atomic E-state index is 11.5. The first kappa shape index (κ1) is 14.7. The summed E-state index contributed by atoms with van der Waals surface area (Å²) in [5, 5.41) is 7.20. The first-order valence-corrected chi connectivity index (χ1v) is 7.21. The second kappa shape index (κ2) is 7.14. The standard InChI is InChI=1S/C14H19ClN4O/c1-2-3-5-16-14(20)17-6-4-10-8-18-12-9-19-13(15)7-11(10)12/h7-9,18H,2-6H2,1H3,(H2,16,17,20). The number of H-pyrrole nitrogens is 1. The van der Waals surface area contributed by atoms with Crippen LogP contribution in [0.25, 0.3) is 10.9 Å². The van der Waals surface area contributed by atoms with E-state index < -0.39 is 0 Å². The third kappa shape index (κ3) is 3.87. The van der Waals surface area contributed by atoms with E-state index in [9.17, 15) is 4.79 Å². The molecule has 2 aromatic rings. The molecule has 0 fully saturated rings. The summed E-state index contributed by atoms with van der Waals surface area (Å²) in [5.41, 5.74) is 2.08. The van der Waals surface area contributed by atoms with Crippen LogP contribution in [0.5, 0.6) is 0 Å². The number of unbranched alkanes of at least 4 members (excludes halogenated alkanes) is 1. The van der Waals surface area contributed by atoms with Crippen molar-refractivity contribution in [2.45, 2.75) is 26.2 Å². The van der Waals surface area contributed by atoms with Crippen LogP contribution in [0.15, 0.2) is 18.5 Å². The molecule has 0 saturated carbocycles. The Kier molecular flexibility index (Phi) is 5.24. The molecule has 108 valence electrons. The number of nitrogens with one attached hydrogen (secondary N) is 3. The van der Waals surface area contributed by atoms with E-state index in [1.54, 1.807) is 6.20 Å². The molecule has 0 bridgehead atoms. The quantitative estimate of drug-likeness (QED) is 0.566. The molecule has 2 amide bonds. The van der Waals surface area contributed by atoms with Crippen molar-refractivity contribution in [3.05, 3.63) is 29.2 Å². The van der Waals surface area contributed by atoms with Crippen LogP contribution in [0, 0.1) is 0 Å². The van der Waals surface area contributed by atoms with Crippen LogP contribution in [0.4, 0.5) is 4.79 Å². The number of nitrogens with zero attached hydrogens (tertiary/aromatic N) is 1. The molecule has 2 aromatic heterocycles. The summed E-state index contributed by atoms with van der Waals surface area (Å²) < 4.78 is 0. The molecule has 0 aliphatic rings. The molecule has 0 aliphatic heterocycles. The topological polar surface area (TPSA) is 69.8 Å². The molecule has 0 spiro atoms. The highest BCUT2D eigenvalue weighted by molar-refractivity contribution is 6.30. The molecule has 2 heterocycles. The fourth-order valence-corrected chi connectivity index (χ4v) is 2.17. The number of carbonyl (C=O) groups excluding carboxylic acids is 1. The van der Waals surface area contributed by atoms with E-state index in [1.165, 1.54) is 0 Å². The number of fused-ring (bicyclic) bond motifs is 1. The van der Waals surface area contributed by atoms with E-state index in [2.05, 4.69) is 27.5 Å². The average molecular weight is 295 g/mol. The van der Waals surface area contributed by atoms with Gasteiger partial charge < -0.3 is 15.6 Å². The number of halogens is 1. The summed E-state index contributed by atoms with van der Waals surface area (Å²) in [7, 11) is 0. The van der Waals surface area contributed by atoms with Gasteiger partial charge in [-0.1, -0.05) is 24.9 Å². The summed E-state index contributed by atoms with van der Waals surface area (Å²) in [6.07, 6.45) is 6.47. The van der Waals surface area contributed by atoms with Crippen molar-refractivity contribution in [1.29, 1.82) is 0 Å². The lowest BCUT2D eigenvalue weighted by Crippen LogP contribution is -2.37. The van der Waals surface area contributed by atoms with Crippen molar-refractivity contribution >= 4 is 28.5 Å². The van der Waals surface area contributed by atoms with Gasteiger partial charge in [0, 0.05) is 24.7 Å². The largest absolute Gasteiger partial charge is 0.360 e. The van der Waals surface area contributed by atoms with Gasteiger partial charge in [0.2, 0.25) is 0 Å². The Bertz CT molecular complexity index is 582. The molecule has 5 nitrogen and oxygen atoms in total. The van der Waals surface area contributed by atoms with Crippen LogP contribution < -0.4 is 10.6 Å². The zero-order chi connectivity index (χ0) is 14.4. The summed E-state index contributed by atoms with van der Waals surface area (Å²) in [5.74, 6) is 0. The lowest BCUT2D eigenvalue weighted by molar-refractivity contribution is 0.241. The highest BCUT2D eigenvalue weighted by Gasteiger charge is 2.05. The molecule has 2 rings (SSSR count). The summed E-state index contributed by atoms with van der Waals surface area (Å²) in [6, 6.07) is 1.72. The van der Waals surface area contributed by atoms with Gasteiger partial charge in [-0.3, -0.25) is 0 Å². The number of hydrogen-bond donors (Lipinski definition) is 3. The summed E-state index contributed by atoms with van der Waals surface area (Å²) in [4.78, 5) is 18.7. The van der Waals surface area contributed by atoms with E-state index in [0.29, 0.717) is 11.7 Å². The average Bonchev–Trinajstić information content (AvgIpc) is 2.82. The van der Waals surface area contributed by atoms with Gasteiger partial charge in [0.05, 0.1) is 11.7 Å². The van der Waals surface area contributed by atoms with Crippen LogP contribution in [0.3, 0.4) is 0 Å². The first-order chi connectivity index (χ1) is 9.70. The molecule has 3 N–H and O–H groups in total. The fourth-order valence-electron chi connectivity index (χ4n) is 2.01. The highest BCUT2D eigenvalue weighted by atomic mass is 35.5. The highest BCUT2D eigenvalue weighted by Crippen LogP contribution is 2.20. The summed E-state index contributed by atoms with van der Waals surface area (Å²) in [6.45, 7) is 3.40. The van der Waals surface area contributed by atoms with Crippen LogP contribution in [0.2, 0.25) is 5.15 Å². The van der Waals surface area contributed by atoms with Crippen LogP contribution in [-0.4, -0.2) is 29.1 Å². The Morgan fingerprint density at radius 1 is 1.40 bits per heavy atom. The Morgan fingerprint density at radius 2 is 2.20 bits per heavy atom. The number of pyridine rings is 1. The third-order valence-corrected chi connectivity index (χ3v) is 3.32. The molecule has 20 heavy (non-hydrogen) atoms. The van der Waals surface area contributed by atoms with Gasteiger partial charge in [0.15, 0.2) is 0 Å². The fraction of sp³-hybridized carbons (Fsp3) is 0.429. The second-order valence-corrected chi connectivity index (χ2v) is 5.04. The van der Waals surface area contributed by atoms with Crippen molar-refractivity contribution in [3.8, 4) is 0 Å². The SMILES string of the molecule is CCCCNC(=O)NCCc1c[nH]c2cnc(Cl)cc12. The number of aromatic amines is 1. The number of carbonyl (C=O) groups is 1. The second-order valence-electron chi connectivity index (χ2n) is 4.65. The maximum Gasteiger partial charge on any atom is 0.314 e. The van der Waals surface area contributed by atoms with Crippen molar-refractivity contribution in [2.75, 3.05) is 13.1 Å². The van der Waals surface area contributed by atoms with E-state index in [4.69, 9.17) is 11.6 Å². The Morgan fingerprint density at radius 3 is 3.00 bits per heavy atom. The molecule has 0 saturated heterocycles. The molecule has 0 aliphatic carbocycles. The van der Waals surface area contributed by atoms with Gasteiger partial charge in [-0.2, -0.15) is 0 Å². The van der Waals surface area contributed by atoms with Crippen LogP contribution >= 0.6 is 11.6 Å². The molecule has 0 aromatic carbocycles. The minimum absolute atomic E-state index is 0.113. The van der Waals surface area contributed by atoms with Crippen LogP contribution in [-0.2, 0) is 6.42 Å². The Labute approximate surface area is 123 Å². The van der Waals surface area contributed by atoms with Gasteiger partial charge in [-0.25, -0.2) is 9.78 Å². The van der Waals surface area contributed by atoms with Crippen LogP contribution in [0.1, 0.15) is 25.3 Å². The lowest BCUT2D eigenvalue weighted by atomic mass is 10.1. The number of hydrogen-bond acceptors (Lipinski definition) is 2. The molecule has 0 radical (unpaired) electrons. The smallest absolute Gasteiger partial charge is 0.314 e. The Balaban J connectivity index is 1.84. The molecule has 0 atom stereocenters. The number of urea groups is 1. The zero-order valence-electron chi connectivity index (χ0n) is 11.5. The van der Waals surface area contributed by atoms with E-state index in [-0.39, 0.29) is 6.03 Å². The van der Waals surface area contributed by atoms with Crippen molar-refractivity contribution in [2.24, 2.45) is 0 Å². The number of amides is 2. The van der Waals surface area contributed by atoms with Gasteiger partial charge in [0.25, 0.3) is 0 Å². The summed E-state index contributed by atoms with van der Waals surface area (Å²) >= 11 is 5.90. The molecule has 0 unspecified atom stereocenters. The molecular weight excluding hydrogens is 276 g/mol. The van der Waals surface area contributed by atoms with Gasteiger partial charge in [-0.05, 0) is 24.5 Å². The minimum atomic E-state index is -0.113. The zero-order valence-corrected chi connectivity index (χ0v) is 12.3. The van der Waals surface area contributed by atoms with E-state index >= 15 is 0 Å². The van der Waals surface area contributed by atoms with Gasteiger partial charge >= 0.3 is 6.03 Å². The minimum Gasteiger partial charge on any atom is -0.360 e. The monoisotopic (exact) mass is 294 g/mol. The van der Waals surface area contributed by atoms with Crippen molar-refractivity contribution in [1.82, 2.24) is 20.6 Å². The molecule has 6 heteroatoms. The number of aromatic nitrogens is 2. The number of rotatable bonds is 6. The van der Waals surface area contributed by atoms with Gasteiger partial charge in [0.1, 0.15) is 5.15 Å². The predicted octanol–water partition coefficient (Wildman–Crippen LogP) is 2.86. The van der Waals surface area contributed by atoms with Crippen molar-refractivity contribution < 1.29 is 4.79 Å². The maximum atomic E-state index is 11.5. The normalized spacial score (nSPS) is 10.7. The van der Waals surface area contributed by atoms with E-state index in [0.717, 1.165) is 42.3 Å². The van der Waals surface area contributed by atoms with Crippen molar-refractivity contribution in [3.63, 3.8) is 0 Å². The predicted molar refractivity (Wildman–Crippen MR) is 81.1 cm³/mol.